The number of para-hydroxylation sites is 1. The number of rotatable bonds is 9. The van der Waals surface area contributed by atoms with E-state index in [-0.39, 0.29) is 12.5 Å². The van der Waals surface area contributed by atoms with Gasteiger partial charge in [-0.25, -0.2) is 0 Å². The monoisotopic (exact) mass is 252 g/mol. The zero-order valence-corrected chi connectivity index (χ0v) is 11.4. The Kier molecular flexibility index (Phi) is 7.46. The molecule has 1 unspecified atom stereocenters. The van der Waals surface area contributed by atoms with Gasteiger partial charge in [-0.3, -0.25) is 0 Å². The summed E-state index contributed by atoms with van der Waals surface area (Å²) < 4.78 is 10.6. The largest absolute Gasteiger partial charge is 0.496 e. The van der Waals surface area contributed by atoms with Crippen LogP contribution in [0.1, 0.15) is 25.3 Å². The molecular formula is C15H24O3. The molecule has 0 bridgehead atoms. The second-order valence-corrected chi connectivity index (χ2v) is 4.40. The molecule has 0 saturated carbocycles. The lowest BCUT2D eigenvalue weighted by atomic mass is 9.95. The lowest BCUT2D eigenvalue weighted by Crippen LogP contribution is -2.11. The van der Waals surface area contributed by atoms with Crippen LogP contribution in [-0.2, 0) is 11.2 Å². The van der Waals surface area contributed by atoms with Gasteiger partial charge in [0.15, 0.2) is 0 Å². The highest BCUT2D eigenvalue weighted by atomic mass is 16.5. The Morgan fingerprint density at radius 1 is 1.28 bits per heavy atom. The van der Waals surface area contributed by atoms with Crippen molar-refractivity contribution in [3.63, 3.8) is 0 Å². The Labute approximate surface area is 110 Å². The molecule has 0 saturated heterocycles. The van der Waals surface area contributed by atoms with Crippen LogP contribution in [0.2, 0.25) is 0 Å². The number of methoxy groups -OCH3 is 1. The molecule has 18 heavy (non-hydrogen) atoms. The van der Waals surface area contributed by atoms with Gasteiger partial charge >= 0.3 is 0 Å². The van der Waals surface area contributed by atoms with Crippen LogP contribution < -0.4 is 4.74 Å². The smallest absolute Gasteiger partial charge is 0.122 e. The molecule has 0 fully saturated rings. The highest BCUT2D eigenvalue weighted by molar-refractivity contribution is 5.33. The lowest BCUT2D eigenvalue weighted by molar-refractivity contribution is 0.132. The maximum Gasteiger partial charge on any atom is 0.122 e. The molecule has 0 aromatic heterocycles. The van der Waals surface area contributed by atoms with E-state index in [0.29, 0.717) is 0 Å². The number of aliphatic hydroxyl groups excluding tert-OH is 1. The van der Waals surface area contributed by atoms with Crippen LogP contribution >= 0.6 is 0 Å². The van der Waals surface area contributed by atoms with Crippen molar-refractivity contribution >= 4 is 0 Å². The number of ether oxygens (including phenoxy) is 2. The van der Waals surface area contributed by atoms with Crippen LogP contribution in [0.3, 0.4) is 0 Å². The summed E-state index contributed by atoms with van der Waals surface area (Å²) in [6, 6.07) is 7.99. The van der Waals surface area contributed by atoms with E-state index in [9.17, 15) is 5.11 Å². The predicted octanol–water partition coefficient (Wildman–Crippen LogP) is 2.66. The Bertz CT molecular complexity index is 325. The van der Waals surface area contributed by atoms with Crippen molar-refractivity contribution in [1.82, 2.24) is 0 Å². The third-order valence-corrected chi connectivity index (χ3v) is 3.06. The minimum Gasteiger partial charge on any atom is -0.496 e. The summed E-state index contributed by atoms with van der Waals surface area (Å²) in [5.74, 6) is 1.18. The van der Waals surface area contributed by atoms with Gasteiger partial charge in [-0.1, -0.05) is 18.2 Å². The number of hydrogen-bond donors (Lipinski definition) is 1. The summed E-state index contributed by atoms with van der Waals surface area (Å²) in [7, 11) is 1.68. The number of benzene rings is 1. The quantitative estimate of drug-likeness (QED) is 0.687. The molecule has 3 nitrogen and oxygen atoms in total. The standard InChI is InChI=1S/C15H24O3/c1-3-18-10-6-7-13(12-16)11-14-8-4-5-9-15(14)17-2/h4-5,8-9,13,16H,3,6-7,10-12H2,1-2H3. The van der Waals surface area contributed by atoms with Gasteiger partial charge in [-0.05, 0) is 43.7 Å². The summed E-state index contributed by atoms with van der Waals surface area (Å²) in [4.78, 5) is 0. The molecule has 0 aliphatic carbocycles. The van der Waals surface area contributed by atoms with Crippen molar-refractivity contribution in [2.24, 2.45) is 5.92 Å². The van der Waals surface area contributed by atoms with E-state index in [1.165, 1.54) is 0 Å². The molecule has 1 aromatic carbocycles. The maximum absolute atomic E-state index is 9.43. The molecule has 102 valence electrons. The lowest BCUT2D eigenvalue weighted by Gasteiger charge is -2.16. The molecule has 1 N–H and O–H groups in total. The Morgan fingerprint density at radius 2 is 2.06 bits per heavy atom. The van der Waals surface area contributed by atoms with Crippen LogP contribution in [0.25, 0.3) is 0 Å². The summed E-state index contributed by atoms with van der Waals surface area (Å²) in [5.41, 5.74) is 1.16. The second kappa shape index (κ2) is 8.95. The summed E-state index contributed by atoms with van der Waals surface area (Å²) in [6.07, 6.45) is 2.83. The van der Waals surface area contributed by atoms with E-state index in [1.54, 1.807) is 7.11 Å². The SMILES string of the molecule is CCOCCCC(CO)Cc1ccccc1OC. The van der Waals surface area contributed by atoms with Crippen molar-refractivity contribution in [3.05, 3.63) is 29.8 Å². The van der Waals surface area contributed by atoms with Crippen molar-refractivity contribution in [3.8, 4) is 5.75 Å². The van der Waals surface area contributed by atoms with E-state index in [0.717, 1.165) is 43.8 Å². The minimum absolute atomic E-state index is 0.212. The van der Waals surface area contributed by atoms with E-state index in [2.05, 4.69) is 6.07 Å². The van der Waals surface area contributed by atoms with Gasteiger partial charge in [-0.15, -0.1) is 0 Å². The van der Waals surface area contributed by atoms with Crippen LogP contribution in [0.4, 0.5) is 0 Å². The Balaban J connectivity index is 2.46. The van der Waals surface area contributed by atoms with Gasteiger partial charge in [0.1, 0.15) is 5.75 Å². The van der Waals surface area contributed by atoms with Gasteiger partial charge in [0.05, 0.1) is 7.11 Å². The minimum atomic E-state index is 0.212. The summed E-state index contributed by atoms with van der Waals surface area (Å²) in [5, 5.41) is 9.43. The molecule has 0 aliphatic heterocycles. The molecule has 0 spiro atoms. The normalized spacial score (nSPS) is 12.4. The fourth-order valence-electron chi connectivity index (χ4n) is 2.06. The Hall–Kier alpha value is -1.06. The number of aliphatic hydroxyl groups is 1. The van der Waals surface area contributed by atoms with E-state index < -0.39 is 0 Å². The first-order valence-electron chi connectivity index (χ1n) is 6.62. The van der Waals surface area contributed by atoms with Crippen LogP contribution in [0.15, 0.2) is 24.3 Å². The van der Waals surface area contributed by atoms with Crippen molar-refractivity contribution < 1.29 is 14.6 Å². The molecular weight excluding hydrogens is 228 g/mol. The number of hydrogen-bond acceptors (Lipinski definition) is 3. The van der Waals surface area contributed by atoms with Crippen LogP contribution in [0, 0.1) is 5.92 Å². The molecule has 1 rings (SSSR count). The molecule has 0 heterocycles. The van der Waals surface area contributed by atoms with E-state index in [1.807, 2.05) is 25.1 Å². The first-order valence-corrected chi connectivity index (χ1v) is 6.62. The predicted molar refractivity (Wildman–Crippen MR) is 73.0 cm³/mol. The zero-order valence-electron chi connectivity index (χ0n) is 11.4. The van der Waals surface area contributed by atoms with Gasteiger partial charge in [-0.2, -0.15) is 0 Å². The zero-order chi connectivity index (χ0) is 13.2. The third kappa shape index (κ3) is 5.07. The van der Waals surface area contributed by atoms with Crippen molar-refractivity contribution in [2.45, 2.75) is 26.2 Å². The molecule has 0 amide bonds. The second-order valence-electron chi connectivity index (χ2n) is 4.40. The van der Waals surface area contributed by atoms with E-state index in [4.69, 9.17) is 9.47 Å². The van der Waals surface area contributed by atoms with Gasteiger partial charge in [0, 0.05) is 19.8 Å². The molecule has 1 atom stereocenters. The third-order valence-electron chi connectivity index (χ3n) is 3.06. The van der Waals surface area contributed by atoms with Gasteiger partial charge < -0.3 is 14.6 Å². The van der Waals surface area contributed by atoms with Gasteiger partial charge in [0.2, 0.25) is 0 Å². The molecule has 0 radical (unpaired) electrons. The highest BCUT2D eigenvalue weighted by Crippen LogP contribution is 2.22. The van der Waals surface area contributed by atoms with E-state index >= 15 is 0 Å². The van der Waals surface area contributed by atoms with Crippen LogP contribution in [-0.4, -0.2) is 32.0 Å². The summed E-state index contributed by atoms with van der Waals surface area (Å²) >= 11 is 0. The maximum atomic E-state index is 9.43. The molecule has 0 aliphatic rings. The molecule has 1 aromatic rings. The van der Waals surface area contributed by atoms with Crippen LogP contribution in [0.5, 0.6) is 5.75 Å². The fourth-order valence-corrected chi connectivity index (χ4v) is 2.06. The molecule has 3 heteroatoms. The average molecular weight is 252 g/mol. The first kappa shape index (κ1) is 15.0. The highest BCUT2D eigenvalue weighted by Gasteiger charge is 2.11. The average Bonchev–Trinajstić information content (AvgIpc) is 2.42. The van der Waals surface area contributed by atoms with Gasteiger partial charge in [0.25, 0.3) is 0 Å². The topological polar surface area (TPSA) is 38.7 Å². The van der Waals surface area contributed by atoms with Crippen molar-refractivity contribution in [2.75, 3.05) is 26.9 Å². The Morgan fingerprint density at radius 3 is 2.72 bits per heavy atom. The first-order chi connectivity index (χ1) is 8.81. The van der Waals surface area contributed by atoms with Crippen molar-refractivity contribution in [1.29, 1.82) is 0 Å². The fraction of sp³-hybridized carbons (Fsp3) is 0.600. The summed E-state index contributed by atoms with van der Waals surface area (Å²) in [6.45, 7) is 3.75.